The maximum Gasteiger partial charge on any atom is 0.251 e. The van der Waals surface area contributed by atoms with E-state index in [1.54, 1.807) is 11.4 Å². The number of thiophene rings is 1. The topological polar surface area (TPSA) is 93.9 Å². The molecule has 0 bridgehead atoms. The number of nitrogens with one attached hydrogen (secondary N) is 1. The second-order valence-electron chi connectivity index (χ2n) is 6.96. The smallest absolute Gasteiger partial charge is 0.251 e. The summed E-state index contributed by atoms with van der Waals surface area (Å²) in [7, 11) is 0. The van der Waals surface area contributed by atoms with Crippen LogP contribution in [0.5, 0.6) is 11.5 Å². The van der Waals surface area contributed by atoms with Crippen LogP contribution in [-0.4, -0.2) is 43.0 Å². The quantitative estimate of drug-likeness (QED) is 0.804. The summed E-state index contributed by atoms with van der Waals surface area (Å²) in [6, 6.07) is 7.82. The molecule has 1 unspecified atom stereocenters. The standard InChI is InChI=1S/C20H23N3O4S/c21-19(25)14-6-10-28-20(14)22-18(24)12-23-7-1-3-15(23)13-4-5-16-17(11-13)27-9-2-8-26-16/h4-6,10-11,15H,1-3,7-9,12H2,(H2,21,25)(H,22,24). The molecule has 1 saturated heterocycles. The molecular formula is C20H23N3O4S. The highest BCUT2D eigenvalue weighted by atomic mass is 32.1. The molecule has 3 heterocycles. The normalized spacial score (nSPS) is 19.2. The van der Waals surface area contributed by atoms with Gasteiger partial charge in [-0.1, -0.05) is 6.07 Å². The second-order valence-corrected chi connectivity index (χ2v) is 7.88. The first-order valence-electron chi connectivity index (χ1n) is 9.42. The predicted molar refractivity (Wildman–Crippen MR) is 107 cm³/mol. The molecule has 2 aliphatic rings. The summed E-state index contributed by atoms with van der Waals surface area (Å²) in [5, 5.41) is 5.07. The van der Waals surface area contributed by atoms with Crippen LogP contribution in [0, 0.1) is 0 Å². The van der Waals surface area contributed by atoms with Crippen molar-refractivity contribution in [3.63, 3.8) is 0 Å². The Kier molecular flexibility index (Phi) is 5.50. The lowest BCUT2D eigenvalue weighted by Crippen LogP contribution is -2.33. The molecule has 148 valence electrons. The molecule has 1 atom stereocenters. The number of fused-ring (bicyclic) bond motifs is 1. The Morgan fingerprint density at radius 1 is 1.18 bits per heavy atom. The average molecular weight is 401 g/mol. The maximum atomic E-state index is 12.6. The monoisotopic (exact) mass is 401 g/mol. The van der Waals surface area contributed by atoms with E-state index >= 15 is 0 Å². The van der Waals surface area contributed by atoms with Crippen LogP contribution < -0.4 is 20.5 Å². The van der Waals surface area contributed by atoms with Gasteiger partial charge in [-0.05, 0) is 48.5 Å². The van der Waals surface area contributed by atoms with Crippen molar-refractivity contribution in [1.82, 2.24) is 4.90 Å². The Morgan fingerprint density at radius 2 is 2.00 bits per heavy atom. The lowest BCUT2D eigenvalue weighted by atomic mass is 10.0. The second kappa shape index (κ2) is 8.20. The van der Waals surface area contributed by atoms with Crippen molar-refractivity contribution in [3.8, 4) is 11.5 Å². The number of nitrogens with zero attached hydrogens (tertiary/aromatic N) is 1. The van der Waals surface area contributed by atoms with Gasteiger partial charge < -0.3 is 20.5 Å². The molecule has 0 saturated carbocycles. The number of benzene rings is 1. The third kappa shape index (κ3) is 3.98. The first kappa shape index (κ1) is 18.8. The number of anilines is 1. The van der Waals surface area contributed by atoms with Gasteiger partial charge in [-0.15, -0.1) is 11.3 Å². The van der Waals surface area contributed by atoms with Crippen molar-refractivity contribution in [2.45, 2.75) is 25.3 Å². The molecule has 2 aromatic rings. The van der Waals surface area contributed by atoms with Crippen LogP contribution in [0.1, 0.15) is 41.2 Å². The van der Waals surface area contributed by atoms with E-state index in [0.29, 0.717) is 23.8 Å². The average Bonchev–Trinajstić information content (AvgIpc) is 3.25. The van der Waals surface area contributed by atoms with Gasteiger partial charge in [-0.2, -0.15) is 0 Å². The van der Waals surface area contributed by atoms with Gasteiger partial charge in [0.05, 0.1) is 25.3 Å². The summed E-state index contributed by atoms with van der Waals surface area (Å²) in [5.74, 6) is 0.866. The van der Waals surface area contributed by atoms with Gasteiger partial charge in [0.1, 0.15) is 5.00 Å². The van der Waals surface area contributed by atoms with Gasteiger partial charge in [-0.25, -0.2) is 0 Å². The molecule has 0 aliphatic carbocycles. The van der Waals surface area contributed by atoms with Crippen molar-refractivity contribution in [2.75, 3.05) is 31.6 Å². The van der Waals surface area contributed by atoms with Crippen LogP contribution in [-0.2, 0) is 4.79 Å². The summed E-state index contributed by atoms with van der Waals surface area (Å²) in [5.41, 5.74) is 6.82. The summed E-state index contributed by atoms with van der Waals surface area (Å²) in [6.45, 7) is 2.42. The third-order valence-electron chi connectivity index (χ3n) is 5.05. The van der Waals surface area contributed by atoms with E-state index in [4.69, 9.17) is 15.2 Å². The van der Waals surface area contributed by atoms with E-state index in [-0.39, 0.29) is 18.5 Å². The van der Waals surface area contributed by atoms with E-state index in [1.807, 2.05) is 12.1 Å². The zero-order valence-corrected chi connectivity index (χ0v) is 16.3. The van der Waals surface area contributed by atoms with Gasteiger partial charge in [0.2, 0.25) is 5.91 Å². The molecule has 1 fully saturated rings. The molecule has 4 rings (SSSR count). The fourth-order valence-corrected chi connectivity index (χ4v) is 4.54. The van der Waals surface area contributed by atoms with Crippen LogP contribution in [0.3, 0.4) is 0 Å². The van der Waals surface area contributed by atoms with E-state index in [2.05, 4.69) is 16.3 Å². The number of ether oxygens (including phenoxy) is 2. The molecule has 0 spiro atoms. The number of amides is 2. The highest BCUT2D eigenvalue weighted by molar-refractivity contribution is 7.14. The number of carbonyl (C=O) groups is 2. The molecule has 1 aromatic carbocycles. The molecule has 8 heteroatoms. The zero-order valence-electron chi connectivity index (χ0n) is 15.5. The van der Waals surface area contributed by atoms with Crippen molar-refractivity contribution in [1.29, 1.82) is 0 Å². The predicted octanol–water partition coefficient (Wildman–Crippen LogP) is 2.78. The Hall–Kier alpha value is -2.58. The van der Waals surface area contributed by atoms with E-state index < -0.39 is 5.91 Å². The summed E-state index contributed by atoms with van der Waals surface area (Å²) in [6.07, 6.45) is 2.88. The first-order chi connectivity index (χ1) is 13.6. The third-order valence-corrected chi connectivity index (χ3v) is 5.88. The van der Waals surface area contributed by atoms with Crippen molar-refractivity contribution < 1.29 is 19.1 Å². The van der Waals surface area contributed by atoms with Gasteiger partial charge in [0, 0.05) is 12.5 Å². The molecule has 2 aliphatic heterocycles. The van der Waals surface area contributed by atoms with Crippen LogP contribution in [0.4, 0.5) is 5.00 Å². The minimum absolute atomic E-state index is 0.147. The lowest BCUT2D eigenvalue weighted by molar-refractivity contribution is -0.117. The highest BCUT2D eigenvalue weighted by Gasteiger charge is 2.29. The molecule has 7 nitrogen and oxygen atoms in total. The van der Waals surface area contributed by atoms with Crippen molar-refractivity contribution in [3.05, 3.63) is 40.8 Å². The molecule has 2 amide bonds. The maximum absolute atomic E-state index is 12.6. The zero-order chi connectivity index (χ0) is 19.5. The Morgan fingerprint density at radius 3 is 2.82 bits per heavy atom. The van der Waals surface area contributed by atoms with Crippen LogP contribution in [0.15, 0.2) is 29.6 Å². The minimum atomic E-state index is -0.539. The largest absolute Gasteiger partial charge is 0.490 e. The Bertz CT molecular complexity index is 882. The number of rotatable bonds is 5. The lowest BCUT2D eigenvalue weighted by Gasteiger charge is -2.24. The summed E-state index contributed by atoms with van der Waals surface area (Å²) >= 11 is 1.30. The van der Waals surface area contributed by atoms with Crippen LogP contribution >= 0.6 is 11.3 Å². The highest BCUT2D eigenvalue weighted by Crippen LogP contribution is 2.37. The van der Waals surface area contributed by atoms with Crippen LogP contribution in [0.2, 0.25) is 0 Å². The molecular weight excluding hydrogens is 378 g/mol. The minimum Gasteiger partial charge on any atom is -0.490 e. The SMILES string of the molecule is NC(=O)c1ccsc1NC(=O)CN1CCCC1c1ccc2c(c1)OCCCO2. The number of hydrogen-bond acceptors (Lipinski definition) is 6. The molecule has 3 N–H and O–H groups in total. The summed E-state index contributed by atoms with van der Waals surface area (Å²) < 4.78 is 11.5. The fourth-order valence-electron chi connectivity index (χ4n) is 3.73. The van der Waals surface area contributed by atoms with E-state index in [0.717, 1.165) is 42.9 Å². The fraction of sp³-hybridized carbons (Fsp3) is 0.400. The Balaban J connectivity index is 1.45. The molecule has 0 radical (unpaired) electrons. The van der Waals surface area contributed by atoms with E-state index in [9.17, 15) is 9.59 Å². The number of nitrogens with two attached hydrogens (primary N) is 1. The number of hydrogen-bond donors (Lipinski definition) is 2. The Labute approximate surface area is 167 Å². The number of likely N-dealkylation sites (tertiary alicyclic amines) is 1. The molecule has 1 aromatic heterocycles. The van der Waals surface area contributed by atoms with E-state index in [1.165, 1.54) is 11.3 Å². The van der Waals surface area contributed by atoms with Gasteiger partial charge >= 0.3 is 0 Å². The number of primary amides is 1. The van der Waals surface area contributed by atoms with Crippen molar-refractivity contribution in [2.24, 2.45) is 5.73 Å². The molecule has 28 heavy (non-hydrogen) atoms. The van der Waals surface area contributed by atoms with Gasteiger partial charge in [0.25, 0.3) is 5.91 Å². The number of carbonyl (C=O) groups excluding carboxylic acids is 2. The summed E-state index contributed by atoms with van der Waals surface area (Å²) in [4.78, 5) is 26.1. The first-order valence-corrected chi connectivity index (χ1v) is 10.3. The van der Waals surface area contributed by atoms with Crippen molar-refractivity contribution >= 4 is 28.2 Å². The van der Waals surface area contributed by atoms with Gasteiger partial charge in [0.15, 0.2) is 11.5 Å². The van der Waals surface area contributed by atoms with Crippen LogP contribution in [0.25, 0.3) is 0 Å². The van der Waals surface area contributed by atoms with Gasteiger partial charge in [-0.3, -0.25) is 14.5 Å².